The number of aromatic amines is 1. The topological polar surface area (TPSA) is 27.8 Å². The van der Waals surface area contributed by atoms with E-state index >= 15 is 0 Å². The first-order chi connectivity index (χ1) is 9.78. The summed E-state index contributed by atoms with van der Waals surface area (Å²) in [4.78, 5) is 4.76. The van der Waals surface area contributed by atoms with Gasteiger partial charge < -0.3 is 10.3 Å². The minimum atomic E-state index is 0.350. The second-order valence-corrected chi connectivity index (χ2v) is 5.95. The molecule has 0 amide bonds. The quantitative estimate of drug-likeness (QED) is 0.732. The lowest BCUT2D eigenvalue weighted by atomic mass is 10.1. The van der Waals surface area contributed by atoms with E-state index in [1.165, 1.54) is 26.4 Å². The predicted octanol–water partition coefficient (Wildman–Crippen LogP) is 4.60. The number of H-pyrrole nitrogens is 1. The van der Waals surface area contributed by atoms with Gasteiger partial charge in [0.15, 0.2) is 0 Å². The molecule has 0 bridgehead atoms. The van der Waals surface area contributed by atoms with Crippen molar-refractivity contribution >= 4 is 22.7 Å². The lowest BCUT2D eigenvalue weighted by Crippen LogP contribution is -2.12. The molecule has 0 saturated heterocycles. The van der Waals surface area contributed by atoms with Crippen molar-refractivity contribution in [1.29, 1.82) is 0 Å². The molecule has 0 aliphatic heterocycles. The summed E-state index contributed by atoms with van der Waals surface area (Å²) in [6, 6.07) is 19.5. The van der Waals surface area contributed by atoms with Gasteiger partial charge in [0, 0.05) is 21.8 Å². The Morgan fingerprint density at radius 2 is 1.80 bits per heavy atom. The smallest absolute Gasteiger partial charge is 0.0780 e. The fraction of sp³-hybridized carbons (Fsp3) is 0.176. The van der Waals surface area contributed by atoms with Crippen molar-refractivity contribution in [2.24, 2.45) is 0 Å². The Hall–Kier alpha value is -1.71. The van der Waals surface area contributed by atoms with Crippen molar-refractivity contribution in [2.75, 3.05) is 7.05 Å². The zero-order valence-electron chi connectivity index (χ0n) is 11.7. The van der Waals surface area contributed by atoms with Gasteiger partial charge in [0.05, 0.1) is 5.03 Å². The van der Waals surface area contributed by atoms with Gasteiger partial charge in [-0.3, -0.25) is 0 Å². The molecule has 2 aromatic carbocycles. The summed E-state index contributed by atoms with van der Waals surface area (Å²) in [6.07, 6.45) is 0. The van der Waals surface area contributed by atoms with Crippen LogP contribution in [0.3, 0.4) is 0 Å². The molecule has 3 rings (SSSR count). The SMILES string of the molecule is CNC(C)c1ccccc1Sc1cc2ccccc2[nH]1. The maximum absolute atomic E-state index is 3.47. The van der Waals surface area contributed by atoms with E-state index < -0.39 is 0 Å². The molecule has 3 aromatic rings. The van der Waals surface area contributed by atoms with E-state index in [-0.39, 0.29) is 0 Å². The molecule has 2 nitrogen and oxygen atoms in total. The summed E-state index contributed by atoms with van der Waals surface area (Å²) in [6.45, 7) is 2.19. The number of hydrogen-bond acceptors (Lipinski definition) is 2. The van der Waals surface area contributed by atoms with Crippen LogP contribution in [0.4, 0.5) is 0 Å². The predicted molar refractivity (Wildman–Crippen MR) is 86.3 cm³/mol. The molecule has 1 unspecified atom stereocenters. The largest absolute Gasteiger partial charge is 0.349 e. The number of aromatic nitrogens is 1. The van der Waals surface area contributed by atoms with Gasteiger partial charge in [0.25, 0.3) is 0 Å². The summed E-state index contributed by atoms with van der Waals surface area (Å²) in [5.74, 6) is 0. The second-order valence-electron chi connectivity index (χ2n) is 4.87. The van der Waals surface area contributed by atoms with Gasteiger partial charge in [0.2, 0.25) is 0 Å². The highest BCUT2D eigenvalue weighted by molar-refractivity contribution is 7.99. The number of para-hydroxylation sites is 1. The van der Waals surface area contributed by atoms with E-state index in [4.69, 9.17) is 0 Å². The Kier molecular flexibility index (Phi) is 3.81. The molecule has 3 heteroatoms. The van der Waals surface area contributed by atoms with Crippen LogP contribution in [-0.2, 0) is 0 Å². The van der Waals surface area contributed by atoms with Crippen LogP contribution in [-0.4, -0.2) is 12.0 Å². The molecule has 0 spiro atoms. The molecule has 0 aliphatic carbocycles. The van der Waals surface area contributed by atoms with E-state index in [9.17, 15) is 0 Å². The lowest BCUT2D eigenvalue weighted by Gasteiger charge is -2.14. The van der Waals surface area contributed by atoms with Crippen molar-refractivity contribution < 1.29 is 0 Å². The zero-order valence-corrected chi connectivity index (χ0v) is 12.5. The molecule has 1 heterocycles. The Morgan fingerprint density at radius 1 is 1.05 bits per heavy atom. The molecular formula is C17H18N2S. The number of fused-ring (bicyclic) bond motifs is 1. The maximum Gasteiger partial charge on any atom is 0.0780 e. The van der Waals surface area contributed by atoms with Gasteiger partial charge in [0.1, 0.15) is 0 Å². The van der Waals surface area contributed by atoms with Gasteiger partial charge in [-0.15, -0.1) is 0 Å². The first kappa shape index (κ1) is 13.3. The fourth-order valence-corrected chi connectivity index (χ4v) is 3.40. The molecule has 1 atom stereocenters. The van der Waals surface area contributed by atoms with Crippen LogP contribution < -0.4 is 5.32 Å². The van der Waals surface area contributed by atoms with E-state index in [0.29, 0.717) is 6.04 Å². The number of benzene rings is 2. The molecule has 0 saturated carbocycles. The summed E-state index contributed by atoms with van der Waals surface area (Å²) >= 11 is 1.79. The molecule has 2 N–H and O–H groups in total. The van der Waals surface area contributed by atoms with Gasteiger partial charge in [-0.1, -0.05) is 48.2 Å². The van der Waals surface area contributed by atoms with Gasteiger partial charge in [-0.2, -0.15) is 0 Å². The minimum absolute atomic E-state index is 0.350. The standard InChI is InChI=1S/C17H18N2S/c1-12(18-2)14-8-4-6-10-16(14)20-17-11-13-7-3-5-9-15(13)19-17/h3-12,18-19H,1-2H3. The fourth-order valence-electron chi connectivity index (χ4n) is 2.31. The molecule has 102 valence electrons. The highest BCUT2D eigenvalue weighted by Gasteiger charge is 2.10. The molecular weight excluding hydrogens is 264 g/mol. The van der Waals surface area contributed by atoms with E-state index in [2.05, 4.69) is 71.8 Å². The zero-order chi connectivity index (χ0) is 13.9. The summed E-state index contributed by atoms with van der Waals surface area (Å²) in [7, 11) is 2.00. The molecule has 0 aliphatic rings. The summed E-state index contributed by atoms with van der Waals surface area (Å²) in [5.41, 5.74) is 2.52. The van der Waals surface area contributed by atoms with Crippen molar-refractivity contribution in [3.8, 4) is 0 Å². The highest BCUT2D eigenvalue weighted by Crippen LogP contribution is 2.34. The van der Waals surface area contributed by atoms with Crippen LogP contribution in [0.15, 0.2) is 64.5 Å². The van der Waals surface area contributed by atoms with Gasteiger partial charge >= 0.3 is 0 Å². The van der Waals surface area contributed by atoms with Crippen molar-refractivity contribution in [3.05, 3.63) is 60.2 Å². The van der Waals surface area contributed by atoms with E-state index in [1.807, 2.05) is 7.05 Å². The summed E-state index contributed by atoms with van der Waals surface area (Å²) < 4.78 is 0. The lowest BCUT2D eigenvalue weighted by molar-refractivity contribution is 0.641. The van der Waals surface area contributed by atoms with Crippen molar-refractivity contribution in [2.45, 2.75) is 22.9 Å². The Labute approximate surface area is 123 Å². The van der Waals surface area contributed by atoms with Gasteiger partial charge in [-0.25, -0.2) is 0 Å². The van der Waals surface area contributed by atoms with Crippen LogP contribution in [0.25, 0.3) is 10.9 Å². The molecule has 1 aromatic heterocycles. The molecule has 0 radical (unpaired) electrons. The van der Waals surface area contributed by atoms with Gasteiger partial charge in [-0.05, 0) is 37.7 Å². The Bertz CT molecular complexity index is 685. The first-order valence-corrected chi connectivity index (χ1v) is 7.61. The molecule has 0 fully saturated rings. The Balaban J connectivity index is 1.94. The van der Waals surface area contributed by atoms with Crippen LogP contribution in [0.5, 0.6) is 0 Å². The summed E-state index contributed by atoms with van der Waals surface area (Å²) in [5, 5.41) is 5.75. The second kappa shape index (κ2) is 5.73. The number of nitrogens with one attached hydrogen (secondary N) is 2. The maximum atomic E-state index is 3.47. The van der Waals surface area contributed by atoms with Crippen molar-refractivity contribution in [1.82, 2.24) is 10.3 Å². The van der Waals surface area contributed by atoms with Crippen LogP contribution >= 0.6 is 11.8 Å². The van der Waals surface area contributed by atoms with Crippen LogP contribution in [0.2, 0.25) is 0 Å². The van der Waals surface area contributed by atoms with Crippen LogP contribution in [0.1, 0.15) is 18.5 Å². The van der Waals surface area contributed by atoms with Crippen molar-refractivity contribution in [3.63, 3.8) is 0 Å². The number of rotatable bonds is 4. The third-order valence-electron chi connectivity index (χ3n) is 3.54. The van der Waals surface area contributed by atoms with E-state index in [1.54, 1.807) is 11.8 Å². The minimum Gasteiger partial charge on any atom is -0.349 e. The third-order valence-corrected chi connectivity index (χ3v) is 4.58. The first-order valence-electron chi connectivity index (χ1n) is 6.79. The average Bonchev–Trinajstić information content (AvgIpc) is 2.89. The number of hydrogen-bond donors (Lipinski definition) is 2. The van der Waals surface area contributed by atoms with E-state index in [0.717, 1.165) is 0 Å². The average molecular weight is 282 g/mol. The third kappa shape index (κ3) is 2.60. The highest BCUT2D eigenvalue weighted by atomic mass is 32.2. The monoisotopic (exact) mass is 282 g/mol. The Morgan fingerprint density at radius 3 is 2.60 bits per heavy atom. The normalized spacial score (nSPS) is 12.7. The van der Waals surface area contributed by atoms with Crippen LogP contribution in [0, 0.1) is 0 Å². The molecule has 20 heavy (non-hydrogen) atoms.